The van der Waals surface area contributed by atoms with Crippen LogP contribution in [0.4, 0.5) is 13.2 Å². The Morgan fingerprint density at radius 3 is 2.33 bits per heavy atom. The molecule has 3 N–H and O–H groups in total. The maximum Gasteiger partial charge on any atom is 0.473 e. The van der Waals surface area contributed by atoms with Crippen LogP contribution < -0.4 is 11.1 Å². The second-order valence-electron chi connectivity index (χ2n) is 7.73. The average Bonchev–Trinajstić information content (AvgIpc) is 2.82. The molecule has 12 heteroatoms. The van der Waals surface area contributed by atoms with Gasteiger partial charge in [0.2, 0.25) is 5.91 Å². The summed E-state index contributed by atoms with van der Waals surface area (Å²) in [6, 6.07) is 4.99. The van der Waals surface area contributed by atoms with Crippen molar-refractivity contribution >= 4 is 23.6 Å². The van der Waals surface area contributed by atoms with E-state index in [0.717, 1.165) is 0 Å². The largest absolute Gasteiger partial charge is 0.473 e. The molecule has 2 heterocycles. The Kier molecular flexibility index (Phi) is 8.03. The van der Waals surface area contributed by atoms with Crippen LogP contribution in [0.25, 0.3) is 0 Å². The van der Waals surface area contributed by atoms with E-state index in [1.165, 1.54) is 24.3 Å². The second-order valence-corrected chi connectivity index (χ2v) is 7.73. The highest BCUT2D eigenvalue weighted by Crippen LogP contribution is 2.20. The molecule has 2 aliphatic heterocycles. The number of ether oxygens (including phenoxy) is 2. The van der Waals surface area contributed by atoms with Gasteiger partial charge in [-0.2, -0.15) is 18.2 Å². The predicted octanol–water partition coefficient (Wildman–Crippen LogP) is 0.865. The molecular formula is C21H25F3N4O5. The number of morpholine rings is 1. The maximum absolute atomic E-state index is 12.9. The third-order valence-corrected chi connectivity index (χ3v) is 5.49. The zero-order valence-electron chi connectivity index (χ0n) is 17.8. The zero-order valence-corrected chi connectivity index (χ0v) is 17.8. The smallest absolute Gasteiger partial charge is 0.383 e. The van der Waals surface area contributed by atoms with Crippen molar-refractivity contribution in [3.63, 3.8) is 0 Å². The number of hydrogen-bond donors (Lipinski definition) is 2. The van der Waals surface area contributed by atoms with E-state index in [4.69, 9.17) is 15.2 Å². The Balaban J connectivity index is 1.58. The molecule has 1 aromatic rings. The third kappa shape index (κ3) is 6.51. The van der Waals surface area contributed by atoms with Crippen molar-refractivity contribution in [3.05, 3.63) is 35.4 Å². The van der Waals surface area contributed by atoms with Gasteiger partial charge in [-0.3, -0.25) is 14.4 Å². The summed E-state index contributed by atoms with van der Waals surface area (Å²) >= 11 is 0. The molecule has 0 saturated carbocycles. The maximum atomic E-state index is 12.9. The van der Waals surface area contributed by atoms with Crippen LogP contribution in [0.3, 0.4) is 0 Å². The molecule has 2 aliphatic rings. The molecule has 1 unspecified atom stereocenters. The lowest BCUT2D eigenvalue weighted by atomic mass is 9.97. The van der Waals surface area contributed by atoms with Crippen molar-refractivity contribution in [2.75, 3.05) is 39.5 Å². The first-order valence-corrected chi connectivity index (χ1v) is 10.5. The molecule has 2 saturated heterocycles. The standard InChI is InChI=1S/C21H25F3N4O5/c22-21(23,24)20(31)27-17(25)13-1-3-14(4-2-13)18(29)26-11-16-12-33-10-7-28(16)19(30)15-5-8-32-9-6-15/h1-4,15-16H,5-12H2,(H,26,29)(H2,25,27,31). The minimum Gasteiger partial charge on any atom is -0.383 e. The number of carbonyl (C=O) groups is 3. The van der Waals surface area contributed by atoms with Gasteiger partial charge in [0.1, 0.15) is 5.84 Å². The number of halogens is 3. The van der Waals surface area contributed by atoms with Crippen LogP contribution in [0.5, 0.6) is 0 Å². The van der Waals surface area contributed by atoms with E-state index in [1.54, 1.807) is 4.90 Å². The van der Waals surface area contributed by atoms with Gasteiger partial charge in [-0.1, -0.05) is 12.1 Å². The quantitative estimate of drug-likeness (QED) is 0.486. The van der Waals surface area contributed by atoms with Crippen LogP contribution in [0.2, 0.25) is 0 Å². The second kappa shape index (κ2) is 10.8. The highest BCUT2D eigenvalue weighted by atomic mass is 19.4. The van der Waals surface area contributed by atoms with Crippen LogP contribution in [0, 0.1) is 5.92 Å². The van der Waals surface area contributed by atoms with Gasteiger partial charge in [0.25, 0.3) is 5.91 Å². The Labute approximate surface area is 188 Å². The summed E-state index contributed by atoms with van der Waals surface area (Å²) in [5.41, 5.74) is 5.75. The molecule has 9 nitrogen and oxygen atoms in total. The number of nitrogens with one attached hydrogen (secondary N) is 1. The molecule has 1 atom stereocenters. The van der Waals surface area contributed by atoms with Crippen LogP contribution in [0.1, 0.15) is 28.8 Å². The summed E-state index contributed by atoms with van der Waals surface area (Å²) in [6.45, 7) is 2.46. The number of nitrogens with two attached hydrogens (primary N) is 1. The lowest BCUT2D eigenvalue weighted by Crippen LogP contribution is -2.55. The number of rotatable bonds is 5. The number of amides is 3. The van der Waals surface area contributed by atoms with Crippen molar-refractivity contribution in [1.82, 2.24) is 10.2 Å². The van der Waals surface area contributed by atoms with Gasteiger partial charge in [-0.15, -0.1) is 0 Å². The Morgan fingerprint density at radius 2 is 1.70 bits per heavy atom. The SMILES string of the molecule is NC(=NC(=O)C(F)(F)F)c1ccc(C(=O)NCC2COCCN2C(=O)C2CCOCC2)cc1. The van der Waals surface area contributed by atoms with E-state index in [1.807, 2.05) is 0 Å². The average molecular weight is 470 g/mol. The van der Waals surface area contributed by atoms with Crippen LogP contribution in [0.15, 0.2) is 29.3 Å². The number of amidine groups is 1. The lowest BCUT2D eigenvalue weighted by Gasteiger charge is -2.38. The fraction of sp³-hybridized carbons (Fsp3) is 0.524. The van der Waals surface area contributed by atoms with Crippen molar-refractivity contribution < 1.29 is 37.0 Å². The van der Waals surface area contributed by atoms with E-state index < -0.39 is 23.8 Å². The Morgan fingerprint density at radius 1 is 1.06 bits per heavy atom. The van der Waals surface area contributed by atoms with Crippen LogP contribution in [-0.4, -0.2) is 80.2 Å². The molecule has 33 heavy (non-hydrogen) atoms. The number of aliphatic imine (C=N–C) groups is 1. The monoisotopic (exact) mass is 470 g/mol. The number of benzene rings is 1. The normalized spacial score (nSPS) is 20.4. The van der Waals surface area contributed by atoms with E-state index in [9.17, 15) is 27.6 Å². The molecule has 3 amide bonds. The summed E-state index contributed by atoms with van der Waals surface area (Å²) in [5, 5.41) is 2.76. The Bertz CT molecular complexity index is 898. The molecule has 0 aromatic heterocycles. The first-order valence-electron chi connectivity index (χ1n) is 10.5. The molecule has 1 aromatic carbocycles. The summed E-state index contributed by atoms with van der Waals surface area (Å²) < 4.78 is 47.7. The number of carbonyl (C=O) groups excluding carboxylic acids is 3. The first kappa shape index (κ1) is 24.6. The fourth-order valence-corrected chi connectivity index (χ4v) is 3.64. The molecular weight excluding hydrogens is 445 g/mol. The molecule has 0 radical (unpaired) electrons. The molecule has 180 valence electrons. The van der Waals surface area contributed by atoms with Crippen molar-refractivity contribution in [2.45, 2.75) is 25.1 Å². The summed E-state index contributed by atoms with van der Waals surface area (Å²) in [5.74, 6) is -3.41. The van der Waals surface area contributed by atoms with Crippen LogP contribution >= 0.6 is 0 Å². The predicted molar refractivity (Wildman–Crippen MR) is 110 cm³/mol. The first-order chi connectivity index (χ1) is 15.7. The van der Waals surface area contributed by atoms with Crippen molar-refractivity contribution in [2.24, 2.45) is 16.6 Å². The van der Waals surface area contributed by atoms with Gasteiger partial charge in [-0.25, -0.2) is 0 Å². The minimum atomic E-state index is -5.12. The van der Waals surface area contributed by atoms with Gasteiger partial charge < -0.3 is 25.4 Å². The minimum absolute atomic E-state index is 0.0355. The molecule has 3 rings (SSSR count). The van der Waals surface area contributed by atoms with Gasteiger partial charge in [-0.05, 0) is 25.0 Å². The van der Waals surface area contributed by atoms with Crippen LogP contribution in [-0.2, 0) is 19.1 Å². The van der Waals surface area contributed by atoms with E-state index in [2.05, 4.69) is 10.3 Å². The number of nitrogens with zero attached hydrogens (tertiary/aromatic N) is 2. The molecule has 2 fully saturated rings. The van der Waals surface area contributed by atoms with Gasteiger partial charge in [0, 0.05) is 43.3 Å². The molecule has 0 spiro atoms. The molecule has 0 bridgehead atoms. The number of alkyl halides is 3. The molecule has 0 aliphatic carbocycles. The van der Waals surface area contributed by atoms with Gasteiger partial charge in [0.15, 0.2) is 0 Å². The van der Waals surface area contributed by atoms with Gasteiger partial charge >= 0.3 is 12.1 Å². The fourth-order valence-electron chi connectivity index (χ4n) is 3.64. The lowest BCUT2D eigenvalue weighted by molar-refractivity contribution is -0.169. The summed E-state index contributed by atoms with van der Waals surface area (Å²) in [7, 11) is 0. The summed E-state index contributed by atoms with van der Waals surface area (Å²) in [4.78, 5) is 40.9. The zero-order chi connectivity index (χ0) is 24.0. The van der Waals surface area contributed by atoms with E-state index in [-0.39, 0.29) is 35.5 Å². The van der Waals surface area contributed by atoms with E-state index >= 15 is 0 Å². The highest BCUT2D eigenvalue weighted by molar-refractivity contribution is 6.05. The van der Waals surface area contributed by atoms with Gasteiger partial charge in [0.05, 0.1) is 19.3 Å². The van der Waals surface area contributed by atoms with Crippen molar-refractivity contribution in [3.8, 4) is 0 Å². The van der Waals surface area contributed by atoms with E-state index in [0.29, 0.717) is 45.8 Å². The number of hydrogen-bond acceptors (Lipinski definition) is 5. The third-order valence-electron chi connectivity index (χ3n) is 5.49. The highest BCUT2D eigenvalue weighted by Gasteiger charge is 2.39. The van der Waals surface area contributed by atoms with Crippen molar-refractivity contribution in [1.29, 1.82) is 0 Å². The topological polar surface area (TPSA) is 123 Å². The Hall–Kier alpha value is -2.99. The summed E-state index contributed by atoms with van der Waals surface area (Å²) in [6.07, 6.45) is -3.78.